The standard InChI is InChI=1S/C13H8N4O/c18-13-8-3-1-2-4-10(8)16-12-9-5-6-14-11(9)15-7-17(12)13/h1-7,14H. The second-order valence-corrected chi connectivity index (χ2v) is 4.11. The van der Waals surface area contributed by atoms with Crippen LogP contribution in [0.3, 0.4) is 0 Å². The molecule has 5 nitrogen and oxygen atoms in total. The lowest BCUT2D eigenvalue weighted by Crippen LogP contribution is -2.15. The Hall–Kier alpha value is -2.69. The molecule has 0 spiro atoms. The number of nitrogens with zero attached hydrogens (tertiary/aromatic N) is 3. The van der Waals surface area contributed by atoms with E-state index in [1.54, 1.807) is 12.3 Å². The van der Waals surface area contributed by atoms with Gasteiger partial charge >= 0.3 is 0 Å². The number of H-pyrrole nitrogens is 1. The van der Waals surface area contributed by atoms with Gasteiger partial charge in [-0.05, 0) is 18.2 Å². The van der Waals surface area contributed by atoms with Gasteiger partial charge in [0, 0.05) is 6.20 Å². The molecule has 3 heterocycles. The molecule has 0 bridgehead atoms. The number of aromatic amines is 1. The second-order valence-electron chi connectivity index (χ2n) is 4.11. The summed E-state index contributed by atoms with van der Waals surface area (Å²) in [5.41, 5.74) is 1.98. The number of rotatable bonds is 0. The van der Waals surface area contributed by atoms with Gasteiger partial charge in [-0.15, -0.1) is 0 Å². The molecule has 1 aromatic carbocycles. The van der Waals surface area contributed by atoms with Crippen LogP contribution < -0.4 is 5.56 Å². The quantitative estimate of drug-likeness (QED) is 0.473. The van der Waals surface area contributed by atoms with Gasteiger partial charge in [0.25, 0.3) is 5.56 Å². The van der Waals surface area contributed by atoms with Crippen LogP contribution in [0.25, 0.3) is 27.6 Å². The molecule has 0 radical (unpaired) electrons. The Bertz CT molecular complexity index is 951. The molecule has 86 valence electrons. The highest BCUT2D eigenvalue weighted by Crippen LogP contribution is 2.16. The number of benzene rings is 1. The number of fused-ring (bicyclic) bond motifs is 4. The number of nitrogens with one attached hydrogen (secondary N) is 1. The SMILES string of the molecule is O=c1c2ccccc2nc2c3cc[nH]c3ncn12. The van der Waals surface area contributed by atoms with Crippen molar-refractivity contribution >= 4 is 27.6 Å². The average Bonchev–Trinajstić information content (AvgIpc) is 2.88. The highest BCUT2D eigenvalue weighted by molar-refractivity contribution is 5.92. The summed E-state index contributed by atoms with van der Waals surface area (Å²) in [6.45, 7) is 0. The third-order valence-electron chi connectivity index (χ3n) is 3.08. The van der Waals surface area contributed by atoms with E-state index in [-0.39, 0.29) is 5.56 Å². The van der Waals surface area contributed by atoms with Crippen LogP contribution in [0.15, 0.2) is 47.7 Å². The molecule has 1 N–H and O–H groups in total. The minimum Gasteiger partial charge on any atom is -0.346 e. The molecule has 3 aromatic heterocycles. The zero-order chi connectivity index (χ0) is 12.1. The first-order valence-electron chi connectivity index (χ1n) is 5.58. The first kappa shape index (κ1) is 9.35. The molecule has 0 atom stereocenters. The Morgan fingerprint density at radius 3 is 2.94 bits per heavy atom. The first-order chi connectivity index (χ1) is 8.84. The van der Waals surface area contributed by atoms with Crippen LogP contribution in [0, 0.1) is 0 Å². The fraction of sp³-hybridized carbons (Fsp3) is 0. The fourth-order valence-corrected chi connectivity index (χ4v) is 2.21. The highest BCUT2D eigenvalue weighted by Gasteiger charge is 2.08. The molecule has 0 saturated heterocycles. The van der Waals surface area contributed by atoms with E-state index in [1.807, 2.05) is 24.3 Å². The van der Waals surface area contributed by atoms with Crippen molar-refractivity contribution in [1.29, 1.82) is 0 Å². The van der Waals surface area contributed by atoms with Crippen molar-refractivity contribution in [3.8, 4) is 0 Å². The van der Waals surface area contributed by atoms with Crippen LogP contribution in [0.4, 0.5) is 0 Å². The molecule has 0 fully saturated rings. The van der Waals surface area contributed by atoms with E-state index < -0.39 is 0 Å². The first-order valence-corrected chi connectivity index (χ1v) is 5.58. The maximum Gasteiger partial charge on any atom is 0.266 e. The molecule has 0 aliphatic carbocycles. The summed E-state index contributed by atoms with van der Waals surface area (Å²) < 4.78 is 1.48. The molecule has 0 aliphatic heterocycles. The molecule has 0 amide bonds. The van der Waals surface area contributed by atoms with E-state index in [4.69, 9.17) is 0 Å². The lowest BCUT2D eigenvalue weighted by molar-refractivity contribution is 1.03. The minimum absolute atomic E-state index is 0.0915. The van der Waals surface area contributed by atoms with E-state index in [0.717, 1.165) is 11.0 Å². The van der Waals surface area contributed by atoms with Crippen molar-refractivity contribution in [2.45, 2.75) is 0 Å². The Kier molecular flexibility index (Phi) is 1.64. The van der Waals surface area contributed by atoms with E-state index in [1.165, 1.54) is 10.7 Å². The molecule has 0 saturated carbocycles. The van der Waals surface area contributed by atoms with E-state index in [2.05, 4.69) is 15.0 Å². The minimum atomic E-state index is -0.0915. The summed E-state index contributed by atoms with van der Waals surface area (Å²) in [5, 5.41) is 1.45. The molecular weight excluding hydrogens is 228 g/mol. The maximum absolute atomic E-state index is 12.3. The zero-order valence-electron chi connectivity index (χ0n) is 9.29. The highest BCUT2D eigenvalue weighted by atomic mass is 16.1. The van der Waals surface area contributed by atoms with Gasteiger partial charge in [-0.25, -0.2) is 14.4 Å². The van der Waals surface area contributed by atoms with Crippen molar-refractivity contribution in [1.82, 2.24) is 19.4 Å². The molecule has 18 heavy (non-hydrogen) atoms. The van der Waals surface area contributed by atoms with Gasteiger partial charge < -0.3 is 4.98 Å². The molecule has 4 aromatic rings. The van der Waals surface area contributed by atoms with Gasteiger partial charge in [0.15, 0.2) is 5.65 Å². The van der Waals surface area contributed by atoms with Gasteiger partial charge in [-0.1, -0.05) is 12.1 Å². The van der Waals surface area contributed by atoms with Crippen molar-refractivity contribution in [3.05, 3.63) is 53.2 Å². The topological polar surface area (TPSA) is 63.0 Å². The Morgan fingerprint density at radius 1 is 1.11 bits per heavy atom. The number of para-hydroxylation sites is 1. The van der Waals surface area contributed by atoms with Crippen LogP contribution in [0.1, 0.15) is 0 Å². The number of hydrogen-bond acceptors (Lipinski definition) is 3. The number of hydrogen-bond donors (Lipinski definition) is 1. The van der Waals surface area contributed by atoms with E-state index in [0.29, 0.717) is 16.6 Å². The van der Waals surface area contributed by atoms with E-state index >= 15 is 0 Å². The third kappa shape index (κ3) is 1.08. The smallest absolute Gasteiger partial charge is 0.266 e. The second kappa shape index (κ2) is 3.16. The largest absolute Gasteiger partial charge is 0.346 e. The fourth-order valence-electron chi connectivity index (χ4n) is 2.21. The normalized spacial score (nSPS) is 11.6. The van der Waals surface area contributed by atoms with Gasteiger partial charge in [-0.2, -0.15) is 0 Å². The van der Waals surface area contributed by atoms with Crippen LogP contribution in [-0.2, 0) is 0 Å². The summed E-state index contributed by atoms with van der Waals surface area (Å²) >= 11 is 0. The van der Waals surface area contributed by atoms with Crippen LogP contribution in [0.5, 0.6) is 0 Å². The molecule has 0 unspecified atom stereocenters. The lowest BCUT2D eigenvalue weighted by Gasteiger charge is -2.03. The Labute approximate surface area is 101 Å². The van der Waals surface area contributed by atoms with Crippen LogP contribution in [0.2, 0.25) is 0 Å². The lowest BCUT2D eigenvalue weighted by atomic mass is 10.2. The van der Waals surface area contributed by atoms with Gasteiger partial charge in [-0.3, -0.25) is 4.79 Å². The van der Waals surface area contributed by atoms with Crippen molar-refractivity contribution in [3.63, 3.8) is 0 Å². The van der Waals surface area contributed by atoms with Gasteiger partial charge in [0.2, 0.25) is 0 Å². The Balaban J connectivity index is 2.38. The predicted octanol–water partition coefficient (Wildman–Crippen LogP) is 1.72. The summed E-state index contributed by atoms with van der Waals surface area (Å²) in [6, 6.07) is 9.20. The summed E-state index contributed by atoms with van der Waals surface area (Å²) in [5.74, 6) is 0. The van der Waals surface area contributed by atoms with Crippen molar-refractivity contribution in [2.24, 2.45) is 0 Å². The maximum atomic E-state index is 12.3. The third-order valence-corrected chi connectivity index (χ3v) is 3.08. The predicted molar refractivity (Wildman–Crippen MR) is 68.6 cm³/mol. The molecule has 4 rings (SSSR count). The van der Waals surface area contributed by atoms with Crippen molar-refractivity contribution in [2.75, 3.05) is 0 Å². The van der Waals surface area contributed by atoms with Gasteiger partial charge in [0.05, 0.1) is 16.3 Å². The summed E-state index contributed by atoms with van der Waals surface area (Å²) in [4.78, 5) is 24.1. The Morgan fingerprint density at radius 2 is 2.00 bits per heavy atom. The summed E-state index contributed by atoms with van der Waals surface area (Å²) in [7, 11) is 0. The van der Waals surface area contributed by atoms with Gasteiger partial charge in [0.1, 0.15) is 12.0 Å². The molecule has 0 aliphatic rings. The zero-order valence-corrected chi connectivity index (χ0v) is 9.29. The van der Waals surface area contributed by atoms with Crippen LogP contribution in [-0.4, -0.2) is 19.4 Å². The average molecular weight is 236 g/mol. The molecular formula is C13H8N4O. The summed E-state index contributed by atoms with van der Waals surface area (Å²) in [6.07, 6.45) is 3.30. The number of aromatic nitrogens is 4. The van der Waals surface area contributed by atoms with E-state index in [9.17, 15) is 4.79 Å². The van der Waals surface area contributed by atoms with Crippen LogP contribution >= 0.6 is 0 Å². The molecule has 5 heteroatoms. The monoisotopic (exact) mass is 236 g/mol. The van der Waals surface area contributed by atoms with Crippen molar-refractivity contribution < 1.29 is 0 Å².